The van der Waals surface area contributed by atoms with Crippen LogP contribution >= 0.6 is 0 Å². The molecule has 0 aliphatic carbocycles. The maximum atomic E-state index is 10.9. The molecule has 0 unspecified atom stereocenters. The van der Waals surface area contributed by atoms with E-state index >= 15 is 0 Å². The van der Waals surface area contributed by atoms with Gasteiger partial charge in [0.1, 0.15) is 6.29 Å². The Bertz CT molecular complexity index is 934. The molecule has 0 fully saturated rings. The molecular weight excluding hydrogens is 234 g/mol. The van der Waals surface area contributed by atoms with Gasteiger partial charge < -0.3 is 4.98 Å². The second-order valence-corrected chi connectivity index (χ2v) is 4.76. The summed E-state index contributed by atoms with van der Waals surface area (Å²) in [6.07, 6.45) is 0.878. The fourth-order valence-corrected chi connectivity index (χ4v) is 2.74. The minimum Gasteiger partial charge on any atom is -0.354 e. The van der Waals surface area contributed by atoms with Crippen molar-refractivity contribution in [3.8, 4) is 0 Å². The molecule has 3 aromatic carbocycles. The Morgan fingerprint density at radius 1 is 0.842 bits per heavy atom. The van der Waals surface area contributed by atoms with Crippen molar-refractivity contribution >= 4 is 38.9 Å². The van der Waals surface area contributed by atoms with Crippen molar-refractivity contribution in [2.24, 2.45) is 0 Å². The van der Waals surface area contributed by atoms with E-state index in [1.807, 2.05) is 30.3 Å². The number of hydrogen-bond acceptors (Lipinski definition) is 1. The number of carbonyl (C=O) groups excluding carboxylic acids is 1. The predicted molar refractivity (Wildman–Crippen MR) is 78.7 cm³/mol. The zero-order valence-corrected chi connectivity index (χ0v) is 10.2. The third-order valence-corrected chi connectivity index (χ3v) is 3.66. The van der Waals surface area contributed by atoms with Gasteiger partial charge in [0, 0.05) is 27.2 Å². The van der Waals surface area contributed by atoms with E-state index in [-0.39, 0.29) is 0 Å². The smallest absolute Gasteiger partial charge is 0.150 e. The van der Waals surface area contributed by atoms with E-state index in [1.165, 1.54) is 16.2 Å². The second-order valence-electron chi connectivity index (χ2n) is 4.76. The van der Waals surface area contributed by atoms with Crippen LogP contribution < -0.4 is 0 Å². The monoisotopic (exact) mass is 245 g/mol. The van der Waals surface area contributed by atoms with Crippen LogP contribution in [0.4, 0.5) is 0 Å². The van der Waals surface area contributed by atoms with Crippen molar-refractivity contribution in [3.63, 3.8) is 0 Å². The number of H-pyrrole nitrogens is 1. The van der Waals surface area contributed by atoms with Crippen molar-refractivity contribution in [2.45, 2.75) is 0 Å². The number of hydrogen-bond donors (Lipinski definition) is 1. The highest BCUT2D eigenvalue weighted by Gasteiger charge is 2.07. The Balaban J connectivity index is 2.23. The van der Waals surface area contributed by atoms with Crippen LogP contribution in [0.3, 0.4) is 0 Å². The fourth-order valence-electron chi connectivity index (χ4n) is 2.74. The minimum atomic E-state index is 0.698. The number of aldehydes is 1. The highest BCUT2D eigenvalue weighted by molar-refractivity contribution is 6.17. The van der Waals surface area contributed by atoms with Gasteiger partial charge in [-0.05, 0) is 11.5 Å². The lowest BCUT2D eigenvalue weighted by Gasteiger charge is -1.98. The van der Waals surface area contributed by atoms with Gasteiger partial charge in [-0.3, -0.25) is 4.79 Å². The first-order chi connectivity index (χ1) is 9.36. The summed E-state index contributed by atoms with van der Waals surface area (Å²) in [4.78, 5) is 14.3. The average Bonchev–Trinajstić information content (AvgIpc) is 2.85. The van der Waals surface area contributed by atoms with Crippen molar-refractivity contribution in [2.75, 3.05) is 0 Å². The molecule has 4 aromatic rings. The molecule has 90 valence electrons. The average molecular weight is 245 g/mol. The van der Waals surface area contributed by atoms with Crippen LogP contribution in [0.1, 0.15) is 10.4 Å². The van der Waals surface area contributed by atoms with Crippen LogP contribution in [0.25, 0.3) is 32.6 Å². The molecule has 0 saturated heterocycles. The lowest BCUT2D eigenvalue weighted by molar-refractivity contribution is 0.112. The Labute approximate surface area is 109 Å². The minimum absolute atomic E-state index is 0.698. The van der Waals surface area contributed by atoms with Crippen molar-refractivity contribution in [1.29, 1.82) is 0 Å². The third kappa shape index (κ3) is 1.40. The summed E-state index contributed by atoms with van der Waals surface area (Å²) in [6, 6.07) is 18.4. The maximum absolute atomic E-state index is 10.9. The number of benzene rings is 3. The number of aromatic nitrogens is 1. The van der Waals surface area contributed by atoms with Crippen molar-refractivity contribution < 1.29 is 4.79 Å². The third-order valence-electron chi connectivity index (χ3n) is 3.66. The quantitative estimate of drug-likeness (QED) is 0.499. The second kappa shape index (κ2) is 3.69. The number of rotatable bonds is 1. The Kier molecular flexibility index (Phi) is 2.00. The van der Waals surface area contributed by atoms with Crippen LogP contribution in [0, 0.1) is 0 Å². The molecule has 0 bridgehead atoms. The zero-order chi connectivity index (χ0) is 12.8. The van der Waals surface area contributed by atoms with E-state index in [4.69, 9.17) is 0 Å². The summed E-state index contributed by atoms with van der Waals surface area (Å²) in [5.74, 6) is 0. The van der Waals surface area contributed by atoms with Crippen LogP contribution in [0.5, 0.6) is 0 Å². The van der Waals surface area contributed by atoms with Crippen LogP contribution in [-0.4, -0.2) is 11.3 Å². The molecule has 1 N–H and O–H groups in total. The molecule has 2 heteroatoms. The van der Waals surface area contributed by atoms with E-state index < -0.39 is 0 Å². The van der Waals surface area contributed by atoms with Gasteiger partial charge in [0.05, 0.1) is 5.52 Å². The molecule has 4 rings (SSSR count). The lowest BCUT2D eigenvalue weighted by Crippen LogP contribution is -1.77. The van der Waals surface area contributed by atoms with E-state index in [2.05, 4.69) is 29.2 Å². The highest BCUT2D eigenvalue weighted by atomic mass is 16.1. The molecule has 1 aromatic heterocycles. The Morgan fingerprint density at radius 2 is 1.68 bits per heavy atom. The fraction of sp³-hybridized carbons (Fsp3) is 0. The Morgan fingerprint density at radius 3 is 2.58 bits per heavy atom. The van der Waals surface area contributed by atoms with Crippen LogP contribution in [0.2, 0.25) is 0 Å². The van der Waals surface area contributed by atoms with Crippen molar-refractivity contribution in [1.82, 2.24) is 4.98 Å². The van der Waals surface area contributed by atoms with E-state index in [0.717, 1.165) is 22.7 Å². The van der Waals surface area contributed by atoms with Gasteiger partial charge in [0.25, 0.3) is 0 Å². The van der Waals surface area contributed by atoms with Gasteiger partial charge in [-0.2, -0.15) is 0 Å². The molecule has 1 heterocycles. The summed E-state index contributed by atoms with van der Waals surface area (Å²) in [6.45, 7) is 0. The standard InChI is InChI=1S/C17H11NO/c19-10-11-5-7-14-15-8-6-12-3-1-2-4-13(12)17(15)18-16(14)9-11/h1-10,18H. The summed E-state index contributed by atoms with van der Waals surface area (Å²) >= 11 is 0. The molecule has 2 nitrogen and oxygen atoms in total. The molecule has 19 heavy (non-hydrogen) atoms. The highest BCUT2D eigenvalue weighted by Crippen LogP contribution is 2.31. The first-order valence-electron chi connectivity index (χ1n) is 6.25. The van der Waals surface area contributed by atoms with Gasteiger partial charge in [-0.25, -0.2) is 0 Å². The van der Waals surface area contributed by atoms with Gasteiger partial charge in [0.15, 0.2) is 0 Å². The normalized spacial score (nSPS) is 11.4. The molecule has 0 radical (unpaired) electrons. The number of aromatic amines is 1. The number of carbonyl (C=O) groups is 1. The van der Waals surface area contributed by atoms with E-state index in [9.17, 15) is 4.79 Å². The summed E-state index contributed by atoms with van der Waals surface area (Å²) in [5.41, 5.74) is 2.84. The van der Waals surface area contributed by atoms with Crippen molar-refractivity contribution in [3.05, 3.63) is 60.2 Å². The van der Waals surface area contributed by atoms with Crippen LogP contribution in [-0.2, 0) is 0 Å². The maximum Gasteiger partial charge on any atom is 0.150 e. The van der Waals surface area contributed by atoms with Gasteiger partial charge in [0.2, 0.25) is 0 Å². The molecule has 0 atom stereocenters. The molecule has 0 aliphatic heterocycles. The SMILES string of the molecule is O=Cc1ccc2c(c1)[nH]c1c3ccccc3ccc21. The first kappa shape index (κ1) is 10.3. The largest absolute Gasteiger partial charge is 0.354 e. The first-order valence-corrected chi connectivity index (χ1v) is 6.25. The van der Waals surface area contributed by atoms with Gasteiger partial charge in [-0.1, -0.05) is 48.5 Å². The number of fused-ring (bicyclic) bond motifs is 5. The lowest BCUT2D eigenvalue weighted by atomic mass is 10.1. The number of nitrogens with one attached hydrogen (secondary N) is 1. The summed E-state index contributed by atoms with van der Waals surface area (Å²) in [5, 5.41) is 4.79. The molecular formula is C17H11NO. The zero-order valence-electron chi connectivity index (χ0n) is 10.2. The molecule has 0 spiro atoms. The topological polar surface area (TPSA) is 32.9 Å². The Hall–Kier alpha value is -2.61. The summed E-state index contributed by atoms with van der Waals surface area (Å²) < 4.78 is 0. The molecule has 0 aliphatic rings. The van der Waals surface area contributed by atoms with Crippen LogP contribution in [0.15, 0.2) is 54.6 Å². The molecule has 0 amide bonds. The predicted octanol–water partition coefficient (Wildman–Crippen LogP) is 4.29. The summed E-state index contributed by atoms with van der Waals surface area (Å²) in [7, 11) is 0. The molecule has 0 saturated carbocycles. The van der Waals surface area contributed by atoms with Gasteiger partial charge in [-0.15, -0.1) is 0 Å². The van der Waals surface area contributed by atoms with E-state index in [0.29, 0.717) is 5.56 Å². The van der Waals surface area contributed by atoms with Gasteiger partial charge >= 0.3 is 0 Å². The van der Waals surface area contributed by atoms with E-state index in [1.54, 1.807) is 0 Å².